The van der Waals surface area contributed by atoms with Crippen LogP contribution in [0.3, 0.4) is 0 Å². The van der Waals surface area contributed by atoms with Crippen LogP contribution in [-0.4, -0.2) is 42.4 Å². The molecule has 0 saturated carbocycles. The number of aryl methyl sites for hydroxylation is 1. The first-order valence-electron chi connectivity index (χ1n) is 10.7. The number of methoxy groups -OCH3 is 2. The highest BCUT2D eigenvalue weighted by atomic mass is 16.5. The smallest absolute Gasteiger partial charge is 0.124 e. The minimum absolute atomic E-state index is 0.0764. The number of piperidine rings is 1. The minimum Gasteiger partial charge on any atom is -0.496 e. The molecule has 2 heterocycles. The SMILES string of the molecule is COCC1CCN(Cc2c(OC)cc(C)c3[nH]ccc23)[C@H](c2ccc(CO)cc2)C1. The first kappa shape index (κ1) is 20.9. The van der Waals surface area contributed by atoms with Crippen molar-refractivity contribution in [3.05, 3.63) is 64.8 Å². The maximum absolute atomic E-state index is 9.41. The number of hydrogen-bond donors (Lipinski definition) is 2. The van der Waals surface area contributed by atoms with Crippen molar-refractivity contribution in [1.29, 1.82) is 0 Å². The van der Waals surface area contributed by atoms with Crippen LogP contribution in [0.2, 0.25) is 0 Å². The van der Waals surface area contributed by atoms with Crippen LogP contribution in [0, 0.1) is 12.8 Å². The Kier molecular flexibility index (Phi) is 6.42. The lowest BCUT2D eigenvalue weighted by Gasteiger charge is -2.40. The van der Waals surface area contributed by atoms with E-state index < -0.39 is 0 Å². The van der Waals surface area contributed by atoms with Crippen molar-refractivity contribution in [2.75, 3.05) is 27.4 Å². The summed E-state index contributed by atoms with van der Waals surface area (Å²) in [7, 11) is 3.55. The molecule has 2 N–H and O–H groups in total. The minimum atomic E-state index is 0.0764. The maximum atomic E-state index is 9.41. The molecule has 0 bridgehead atoms. The molecule has 1 aliphatic rings. The van der Waals surface area contributed by atoms with E-state index in [4.69, 9.17) is 9.47 Å². The molecule has 1 unspecified atom stereocenters. The number of nitrogens with one attached hydrogen (secondary N) is 1. The average molecular weight is 409 g/mol. The number of fused-ring (bicyclic) bond motifs is 1. The number of H-pyrrole nitrogens is 1. The van der Waals surface area contributed by atoms with Gasteiger partial charge in [0.1, 0.15) is 5.75 Å². The molecular formula is C25H32N2O3. The number of aromatic nitrogens is 1. The number of likely N-dealkylation sites (tertiary alicyclic amines) is 1. The lowest BCUT2D eigenvalue weighted by molar-refractivity contribution is 0.0579. The van der Waals surface area contributed by atoms with Gasteiger partial charge in [-0.25, -0.2) is 0 Å². The first-order valence-corrected chi connectivity index (χ1v) is 10.7. The third kappa shape index (κ3) is 4.10. The normalized spacial score (nSPS) is 20.0. The zero-order valence-electron chi connectivity index (χ0n) is 18.1. The van der Waals surface area contributed by atoms with Crippen LogP contribution in [0.15, 0.2) is 42.6 Å². The van der Waals surface area contributed by atoms with E-state index in [2.05, 4.69) is 41.1 Å². The molecule has 3 aromatic rings. The van der Waals surface area contributed by atoms with Crippen LogP contribution in [-0.2, 0) is 17.9 Å². The Morgan fingerprint density at radius 1 is 1.17 bits per heavy atom. The Labute approximate surface area is 178 Å². The molecule has 1 saturated heterocycles. The topological polar surface area (TPSA) is 57.7 Å². The molecule has 0 spiro atoms. The molecule has 5 heteroatoms. The molecule has 0 radical (unpaired) electrons. The lowest BCUT2D eigenvalue weighted by Crippen LogP contribution is -2.37. The molecule has 5 nitrogen and oxygen atoms in total. The Balaban J connectivity index is 1.68. The quantitative estimate of drug-likeness (QED) is 0.601. The van der Waals surface area contributed by atoms with E-state index in [-0.39, 0.29) is 6.61 Å². The van der Waals surface area contributed by atoms with E-state index >= 15 is 0 Å². The largest absolute Gasteiger partial charge is 0.496 e. The van der Waals surface area contributed by atoms with Crippen molar-refractivity contribution in [2.24, 2.45) is 5.92 Å². The second kappa shape index (κ2) is 9.21. The van der Waals surface area contributed by atoms with Crippen molar-refractivity contribution in [2.45, 2.75) is 39.0 Å². The van der Waals surface area contributed by atoms with Gasteiger partial charge in [0.05, 0.1) is 13.7 Å². The van der Waals surface area contributed by atoms with Crippen molar-refractivity contribution in [3.8, 4) is 5.75 Å². The molecule has 0 amide bonds. The van der Waals surface area contributed by atoms with Crippen LogP contribution in [0.4, 0.5) is 0 Å². The van der Waals surface area contributed by atoms with Crippen LogP contribution < -0.4 is 4.74 Å². The number of aromatic amines is 1. The molecule has 2 atom stereocenters. The van der Waals surface area contributed by atoms with Crippen molar-refractivity contribution < 1.29 is 14.6 Å². The molecule has 0 aliphatic carbocycles. The highest BCUT2D eigenvalue weighted by Crippen LogP contribution is 2.38. The number of aliphatic hydroxyl groups is 1. The van der Waals surface area contributed by atoms with Gasteiger partial charge in [0.2, 0.25) is 0 Å². The molecule has 30 heavy (non-hydrogen) atoms. The number of benzene rings is 2. The Morgan fingerprint density at radius 3 is 2.67 bits per heavy atom. The first-order chi connectivity index (χ1) is 14.6. The summed E-state index contributed by atoms with van der Waals surface area (Å²) in [6.45, 7) is 4.85. The Bertz CT molecular complexity index is 980. The summed E-state index contributed by atoms with van der Waals surface area (Å²) in [5.74, 6) is 1.51. The van der Waals surface area contributed by atoms with E-state index in [1.807, 2.05) is 18.3 Å². The molecular weight excluding hydrogens is 376 g/mol. The molecule has 1 aliphatic heterocycles. The van der Waals surface area contributed by atoms with E-state index in [0.29, 0.717) is 12.0 Å². The van der Waals surface area contributed by atoms with Crippen LogP contribution in [0.1, 0.15) is 41.1 Å². The zero-order valence-corrected chi connectivity index (χ0v) is 18.1. The molecule has 160 valence electrons. The van der Waals surface area contributed by atoms with E-state index in [9.17, 15) is 5.11 Å². The lowest BCUT2D eigenvalue weighted by atomic mass is 9.86. The van der Waals surface area contributed by atoms with Gasteiger partial charge < -0.3 is 19.6 Å². The Morgan fingerprint density at radius 2 is 1.97 bits per heavy atom. The van der Waals surface area contributed by atoms with Crippen LogP contribution in [0.25, 0.3) is 10.9 Å². The summed E-state index contributed by atoms with van der Waals surface area (Å²) >= 11 is 0. The summed E-state index contributed by atoms with van der Waals surface area (Å²) in [4.78, 5) is 5.95. The summed E-state index contributed by atoms with van der Waals surface area (Å²) < 4.78 is 11.3. The van der Waals surface area contributed by atoms with Gasteiger partial charge >= 0.3 is 0 Å². The molecule has 2 aromatic carbocycles. The van der Waals surface area contributed by atoms with Crippen LogP contribution in [0.5, 0.6) is 5.75 Å². The summed E-state index contributed by atoms with van der Waals surface area (Å²) in [6.07, 6.45) is 4.21. The van der Waals surface area contributed by atoms with E-state index in [0.717, 1.165) is 43.9 Å². The van der Waals surface area contributed by atoms with Crippen molar-refractivity contribution in [1.82, 2.24) is 9.88 Å². The predicted molar refractivity (Wildman–Crippen MR) is 120 cm³/mol. The second-order valence-electron chi connectivity index (χ2n) is 8.37. The summed E-state index contributed by atoms with van der Waals surface area (Å²) in [5.41, 5.74) is 5.86. The maximum Gasteiger partial charge on any atom is 0.124 e. The van der Waals surface area contributed by atoms with Gasteiger partial charge in [0.15, 0.2) is 0 Å². The fourth-order valence-electron chi connectivity index (χ4n) is 4.84. The van der Waals surface area contributed by atoms with Gasteiger partial charge in [-0.05, 0) is 61.1 Å². The molecule has 4 rings (SSSR count). The van der Waals surface area contributed by atoms with Gasteiger partial charge in [-0.1, -0.05) is 24.3 Å². The van der Waals surface area contributed by atoms with Gasteiger partial charge in [-0.15, -0.1) is 0 Å². The van der Waals surface area contributed by atoms with E-state index in [1.54, 1.807) is 14.2 Å². The van der Waals surface area contributed by atoms with Gasteiger partial charge in [-0.3, -0.25) is 4.90 Å². The van der Waals surface area contributed by atoms with Gasteiger partial charge in [0, 0.05) is 49.0 Å². The third-order valence-electron chi connectivity index (χ3n) is 6.46. The predicted octanol–water partition coefficient (Wildman–Crippen LogP) is 4.58. The summed E-state index contributed by atoms with van der Waals surface area (Å²) in [5, 5.41) is 10.7. The fraction of sp³-hybridized carbons (Fsp3) is 0.440. The zero-order chi connectivity index (χ0) is 21.1. The number of aliphatic hydroxyl groups excluding tert-OH is 1. The number of rotatable bonds is 7. The molecule has 1 aromatic heterocycles. The van der Waals surface area contributed by atoms with Crippen molar-refractivity contribution in [3.63, 3.8) is 0 Å². The van der Waals surface area contributed by atoms with Gasteiger partial charge in [-0.2, -0.15) is 0 Å². The van der Waals surface area contributed by atoms with E-state index in [1.165, 1.54) is 27.6 Å². The fourth-order valence-corrected chi connectivity index (χ4v) is 4.84. The highest BCUT2D eigenvalue weighted by Gasteiger charge is 2.30. The van der Waals surface area contributed by atoms with Crippen molar-refractivity contribution >= 4 is 10.9 Å². The number of hydrogen-bond acceptors (Lipinski definition) is 4. The third-order valence-corrected chi connectivity index (χ3v) is 6.46. The monoisotopic (exact) mass is 408 g/mol. The average Bonchev–Trinajstić information content (AvgIpc) is 3.27. The van der Waals surface area contributed by atoms with Crippen LogP contribution >= 0.6 is 0 Å². The summed E-state index contributed by atoms with van der Waals surface area (Å²) in [6, 6.07) is 13.0. The molecule has 1 fully saturated rings. The highest BCUT2D eigenvalue weighted by molar-refractivity contribution is 5.88. The van der Waals surface area contributed by atoms with Gasteiger partial charge in [0.25, 0.3) is 0 Å². The number of nitrogens with zero attached hydrogens (tertiary/aromatic N) is 1. The number of ether oxygens (including phenoxy) is 2. The second-order valence-corrected chi connectivity index (χ2v) is 8.37. The Hall–Kier alpha value is -2.34. The standard InChI is InChI=1S/C25H32N2O3/c1-17-12-24(30-3)22(21-8-10-26-25(17)21)14-27-11-9-19(16-29-2)13-23(27)20-6-4-18(15-28)5-7-20/h4-8,10,12,19,23,26,28H,9,11,13-16H2,1-3H3/t19?,23-/m0/s1.